The summed E-state index contributed by atoms with van der Waals surface area (Å²) in [7, 11) is 0. The van der Waals surface area contributed by atoms with E-state index in [1.54, 1.807) is 29.4 Å². The van der Waals surface area contributed by atoms with Crippen molar-refractivity contribution in [2.75, 3.05) is 19.8 Å². The van der Waals surface area contributed by atoms with Crippen molar-refractivity contribution >= 4 is 11.8 Å². The lowest BCUT2D eigenvalue weighted by atomic mass is 9.96. The molecule has 2 aromatic heterocycles. The maximum absolute atomic E-state index is 13.3. The highest BCUT2D eigenvalue weighted by Gasteiger charge is 2.40. The Bertz CT molecular complexity index is 796. The first-order valence-corrected chi connectivity index (χ1v) is 9.85. The van der Waals surface area contributed by atoms with Crippen LogP contribution in [-0.4, -0.2) is 52.0 Å². The van der Waals surface area contributed by atoms with Gasteiger partial charge in [0.05, 0.1) is 6.20 Å². The number of carbonyl (C=O) groups is 2. The summed E-state index contributed by atoms with van der Waals surface area (Å²) in [6.07, 6.45) is 7.65. The van der Waals surface area contributed by atoms with Gasteiger partial charge in [-0.05, 0) is 57.2 Å². The van der Waals surface area contributed by atoms with Gasteiger partial charge in [0.2, 0.25) is 11.7 Å². The van der Waals surface area contributed by atoms with Crippen LogP contribution in [0.15, 0.2) is 41.5 Å². The number of rotatable bonds is 6. The maximum Gasteiger partial charge on any atom is 0.292 e. The molecular formula is C21H28N4O4. The molecule has 0 spiro atoms. The zero-order chi connectivity index (χ0) is 20.9. The van der Waals surface area contributed by atoms with Crippen LogP contribution in [0.2, 0.25) is 0 Å². The number of pyridine rings is 1. The highest BCUT2D eigenvalue weighted by molar-refractivity contribution is 5.96. The standard InChI is InChI=1S/C21H28N4O4/c1-21(2,3)25(20(27)17-13-23-14-29-17)18(16-4-8-22-9-5-16)19(26)24-12-15-6-10-28-11-7-15/h4-5,8-9,13-15,18H,6-7,10-12H2,1-3H3,(H,24,26). The first-order chi connectivity index (χ1) is 13.9. The molecule has 1 saturated heterocycles. The highest BCUT2D eigenvalue weighted by atomic mass is 16.5. The van der Waals surface area contributed by atoms with Crippen LogP contribution < -0.4 is 5.32 Å². The predicted molar refractivity (Wildman–Crippen MR) is 106 cm³/mol. The van der Waals surface area contributed by atoms with Crippen molar-refractivity contribution in [2.45, 2.75) is 45.2 Å². The normalized spacial score (nSPS) is 16.2. The molecule has 1 aliphatic rings. The Hall–Kier alpha value is -2.74. The predicted octanol–water partition coefficient (Wildman–Crippen LogP) is 2.59. The van der Waals surface area contributed by atoms with Crippen molar-refractivity contribution < 1.29 is 18.7 Å². The van der Waals surface area contributed by atoms with Crippen molar-refractivity contribution in [2.24, 2.45) is 5.92 Å². The molecular weight excluding hydrogens is 372 g/mol. The topological polar surface area (TPSA) is 97.6 Å². The Morgan fingerprint density at radius 1 is 1.21 bits per heavy atom. The smallest absolute Gasteiger partial charge is 0.292 e. The van der Waals surface area contributed by atoms with Crippen molar-refractivity contribution in [3.05, 3.63) is 48.4 Å². The third-order valence-electron chi connectivity index (χ3n) is 5.02. The number of hydrogen-bond donors (Lipinski definition) is 1. The minimum absolute atomic E-state index is 0.0937. The minimum atomic E-state index is -0.824. The number of hydrogen-bond acceptors (Lipinski definition) is 6. The Kier molecular flexibility index (Phi) is 6.64. The van der Waals surface area contributed by atoms with E-state index in [1.807, 2.05) is 20.8 Å². The first kappa shape index (κ1) is 21.0. The molecule has 1 unspecified atom stereocenters. The van der Waals surface area contributed by atoms with E-state index in [1.165, 1.54) is 12.6 Å². The minimum Gasteiger partial charge on any atom is -0.438 e. The van der Waals surface area contributed by atoms with E-state index in [2.05, 4.69) is 15.3 Å². The molecule has 8 nitrogen and oxygen atoms in total. The quantitative estimate of drug-likeness (QED) is 0.800. The summed E-state index contributed by atoms with van der Waals surface area (Å²) < 4.78 is 10.6. The Labute approximate surface area is 170 Å². The molecule has 2 amide bonds. The lowest BCUT2D eigenvalue weighted by Gasteiger charge is -2.40. The van der Waals surface area contributed by atoms with E-state index in [0.717, 1.165) is 12.8 Å². The van der Waals surface area contributed by atoms with Crippen LogP contribution in [0.4, 0.5) is 0 Å². The van der Waals surface area contributed by atoms with E-state index >= 15 is 0 Å². The summed E-state index contributed by atoms with van der Waals surface area (Å²) in [5, 5.41) is 3.05. The zero-order valence-electron chi connectivity index (χ0n) is 17.1. The summed E-state index contributed by atoms with van der Waals surface area (Å²) in [5.74, 6) is -0.154. The van der Waals surface area contributed by atoms with E-state index in [9.17, 15) is 9.59 Å². The molecule has 1 atom stereocenters. The van der Waals surface area contributed by atoms with Gasteiger partial charge >= 0.3 is 0 Å². The molecule has 0 saturated carbocycles. The van der Waals surface area contributed by atoms with Crippen molar-refractivity contribution in [3.63, 3.8) is 0 Å². The number of oxazole rings is 1. The van der Waals surface area contributed by atoms with Crippen LogP contribution >= 0.6 is 0 Å². The monoisotopic (exact) mass is 400 g/mol. The van der Waals surface area contributed by atoms with Gasteiger partial charge in [-0.2, -0.15) is 0 Å². The fraction of sp³-hybridized carbons (Fsp3) is 0.524. The number of aromatic nitrogens is 2. The van der Waals surface area contributed by atoms with Gasteiger partial charge < -0.3 is 19.4 Å². The molecule has 0 aromatic carbocycles. The molecule has 2 aromatic rings. The van der Waals surface area contributed by atoms with Gasteiger partial charge in [-0.1, -0.05) is 0 Å². The Morgan fingerprint density at radius 2 is 1.90 bits per heavy atom. The summed E-state index contributed by atoms with van der Waals surface area (Å²) >= 11 is 0. The van der Waals surface area contributed by atoms with E-state index in [-0.39, 0.29) is 11.7 Å². The first-order valence-electron chi connectivity index (χ1n) is 9.85. The fourth-order valence-corrected chi connectivity index (χ4v) is 3.50. The third kappa shape index (κ3) is 5.20. The van der Waals surface area contributed by atoms with Crippen LogP contribution in [0.1, 0.15) is 55.8 Å². The molecule has 0 radical (unpaired) electrons. The molecule has 0 bridgehead atoms. The number of nitrogens with zero attached hydrogens (tertiary/aromatic N) is 3. The average molecular weight is 400 g/mol. The molecule has 1 fully saturated rings. The Morgan fingerprint density at radius 3 is 2.48 bits per heavy atom. The summed E-state index contributed by atoms with van der Waals surface area (Å²) in [6, 6.07) is 2.69. The second-order valence-electron chi connectivity index (χ2n) is 8.20. The molecule has 1 N–H and O–H groups in total. The summed E-state index contributed by atoms with van der Waals surface area (Å²) in [4.78, 5) is 36.0. The van der Waals surface area contributed by atoms with Crippen molar-refractivity contribution in [3.8, 4) is 0 Å². The van der Waals surface area contributed by atoms with Crippen LogP contribution in [0.3, 0.4) is 0 Å². The largest absolute Gasteiger partial charge is 0.438 e. The second kappa shape index (κ2) is 9.17. The molecule has 8 heteroatoms. The van der Waals surface area contributed by atoms with Gasteiger partial charge in [-0.3, -0.25) is 14.6 Å². The van der Waals surface area contributed by atoms with Crippen LogP contribution in [0.25, 0.3) is 0 Å². The number of amides is 2. The second-order valence-corrected chi connectivity index (χ2v) is 8.20. The van der Waals surface area contributed by atoms with E-state index < -0.39 is 17.5 Å². The third-order valence-corrected chi connectivity index (χ3v) is 5.02. The fourth-order valence-electron chi connectivity index (χ4n) is 3.50. The SMILES string of the molecule is CC(C)(C)N(C(=O)c1cnco1)C(C(=O)NCC1CCOCC1)c1ccncc1. The van der Waals surface area contributed by atoms with Crippen molar-refractivity contribution in [1.29, 1.82) is 0 Å². The van der Waals surface area contributed by atoms with Gasteiger partial charge in [0.1, 0.15) is 6.04 Å². The Balaban J connectivity index is 1.90. The molecule has 1 aliphatic heterocycles. The zero-order valence-corrected chi connectivity index (χ0v) is 17.1. The maximum atomic E-state index is 13.3. The van der Waals surface area contributed by atoms with Crippen LogP contribution in [-0.2, 0) is 9.53 Å². The average Bonchev–Trinajstić information content (AvgIpc) is 3.25. The van der Waals surface area contributed by atoms with Crippen molar-refractivity contribution in [1.82, 2.24) is 20.2 Å². The van der Waals surface area contributed by atoms with Gasteiger partial charge in [0.25, 0.3) is 5.91 Å². The molecule has 0 aliphatic carbocycles. The molecule has 29 heavy (non-hydrogen) atoms. The highest BCUT2D eigenvalue weighted by Crippen LogP contribution is 2.30. The van der Waals surface area contributed by atoms with E-state index in [0.29, 0.717) is 31.2 Å². The van der Waals surface area contributed by atoms with Crippen LogP contribution in [0.5, 0.6) is 0 Å². The molecule has 3 heterocycles. The molecule has 3 rings (SSSR count). The van der Waals surface area contributed by atoms with Gasteiger partial charge in [0.15, 0.2) is 6.39 Å². The summed E-state index contributed by atoms with van der Waals surface area (Å²) in [5.41, 5.74) is 0.0423. The summed E-state index contributed by atoms with van der Waals surface area (Å²) in [6.45, 7) is 7.65. The number of ether oxygens (including phenoxy) is 1. The van der Waals surface area contributed by atoms with Gasteiger partial charge in [0, 0.05) is 37.7 Å². The number of nitrogens with one attached hydrogen (secondary N) is 1. The van der Waals surface area contributed by atoms with Gasteiger partial charge in [-0.25, -0.2) is 4.98 Å². The van der Waals surface area contributed by atoms with Crippen LogP contribution in [0, 0.1) is 5.92 Å². The van der Waals surface area contributed by atoms with Gasteiger partial charge in [-0.15, -0.1) is 0 Å². The number of carbonyl (C=O) groups excluding carboxylic acids is 2. The van der Waals surface area contributed by atoms with E-state index in [4.69, 9.17) is 9.15 Å². The lowest BCUT2D eigenvalue weighted by Crippen LogP contribution is -2.52. The lowest BCUT2D eigenvalue weighted by molar-refractivity contribution is -0.128. The molecule has 156 valence electrons.